The van der Waals surface area contributed by atoms with Crippen molar-refractivity contribution in [2.75, 3.05) is 26.2 Å². The highest BCUT2D eigenvalue weighted by atomic mass is 32.2. The first-order chi connectivity index (χ1) is 15.8. The van der Waals surface area contributed by atoms with E-state index in [9.17, 15) is 5.11 Å². The molecule has 0 saturated carbocycles. The number of benzene rings is 3. The van der Waals surface area contributed by atoms with Gasteiger partial charge in [-0.05, 0) is 72.5 Å². The van der Waals surface area contributed by atoms with Gasteiger partial charge in [-0.25, -0.2) is 0 Å². The fourth-order valence-electron chi connectivity index (χ4n) is 5.77. The van der Waals surface area contributed by atoms with Crippen molar-refractivity contribution in [1.29, 1.82) is 0 Å². The van der Waals surface area contributed by atoms with Crippen LogP contribution < -0.4 is 4.74 Å². The molecule has 1 fully saturated rings. The minimum atomic E-state index is 0.330. The van der Waals surface area contributed by atoms with Crippen LogP contribution in [0, 0.1) is 0 Å². The molecular formula is C28H29NO2S. The van der Waals surface area contributed by atoms with Gasteiger partial charge in [0.1, 0.15) is 18.1 Å². The van der Waals surface area contributed by atoms with Crippen molar-refractivity contribution < 1.29 is 9.84 Å². The van der Waals surface area contributed by atoms with E-state index in [4.69, 9.17) is 4.74 Å². The van der Waals surface area contributed by atoms with E-state index in [1.807, 2.05) is 23.9 Å². The highest BCUT2D eigenvalue weighted by molar-refractivity contribution is 8.00. The molecule has 0 radical (unpaired) electrons. The van der Waals surface area contributed by atoms with Gasteiger partial charge < -0.3 is 9.84 Å². The smallest absolute Gasteiger partial charge is 0.119 e. The molecule has 0 bridgehead atoms. The summed E-state index contributed by atoms with van der Waals surface area (Å²) >= 11 is 1.90. The maximum atomic E-state index is 9.99. The van der Waals surface area contributed by atoms with E-state index in [-0.39, 0.29) is 0 Å². The minimum Gasteiger partial charge on any atom is -0.508 e. The summed E-state index contributed by atoms with van der Waals surface area (Å²) in [7, 11) is 0. The summed E-state index contributed by atoms with van der Waals surface area (Å²) in [6, 6.07) is 23.6. The number of likely N-dealkylation sites (tertiary alicyclic amines) is 1. The largest absolute Gasteiger partial charge is 0.508 e. The first kappa shape index (κ1) is 20.2. The van der Waals surface area contributed by atoms with Crippen molar-refractivity contribution >= 4 is 11.8 Å². The highest BCUT2D eigenvalue weighted by Crippen LogP contribution is 2.66. The minimum absolute atomic E-state index is 0.330. The van der Waals surface area contributed by atoms with Crippen molar-refractivity contribution in [2.24, 2.45) is 0 Å². The summed E-state index contributed by atoms with van der Waals surface area (Å²) in [6.07, 6.45) is 4.01. The number of phenolic OH excluding ortho intramolecular Hbond substituents is 1. The monoisotopic (exact) mass is 443 g/mol. The summed E-state index contributed by atoms with van der Waals surface area (Å²) in [4.78, 5) is 3.73. The van der Waals surface area contributed by atoms with Gasteiger partial charge in [-0.3, -0.25) is 4.90 Å². The van der Waals surface area contributed by atoms with Crippen LogP contribution in [0.2, 0.25) is 0 Å². The Morgan fingerprint density at radius 1 is 0.875 bits per heavy atom. The first-order valence-electron chi connectivity index (χ1n) is 11.8. The molecule has 3 aromatic rings. The van der Waals surface area contributed by atoms with Gasteiger partial charge in [0.2, 0.25) is 0 Å². The zero-order valence-electron chi connectivity index (χ0n) is 18.2. The quantitative estimate of drug-likeness (QED) is 0.499. The molecule has 0 aromatic heterocycles. The molecule has 32 heavy (non-hydrogen) atoms. The number of hydrogen-bond acceptors (Lipinski definition) is 4. The van der Waals surface area contributed by atoms with E-state index in [0.717, 1.165) is 18.9 Å². The van der Waals surface area contributed by atoms with Gasteiger partial charge >= 0.3 is 0 Å². The lowest BCUT2D eigenvalue weighted by atomic mass is 9.82. The van der Waals surface area contributed by atoms with Gasteiger partial charge in [0.15, 0.2) is 0 Å². The summed E-state index contributed by atoms with van der Waals surface area (Å²) in [5.41, 5.74) is 5.58. The SMILES string of the molecule is Oc1ccc2c(c1)SC1c3ccccc3C(c3ccc(OCCN4CCCCC4)cc3)C21. The number of hydrogen-bond donors (Lipinski definition) is 1. The summed E-state index contributed by atoms with van der Waals surface area (Å²) in [5.74, 6) is 2.04. The van der Waals surface area contributed by atoms with Crippen LogP contribution in [0.25, 0.3) is 0 Å². The lowest BCUT2D eigenvalue weighted by Gasteiger charge is -2.26. The third kappa shape index (κ3) is 3.60. The van der Waals surface area contributed by atoms with E-state index >= 15 is 0 Å². The lowest BCUT2D eigenvalue weighted by Crippen LogP contribution is -2.33. The number of thioether (sulfide) groups is 1. The van der Waals surface area contributed by atoms with Crippen LogP contribution in [-0.2, 0) is 0 Å². The molecule has 1 N–H and O–H groups in total. The molecule has 6 rings (SSSR count). The Labute approximate surface area is 194 Å². The molecule has 3 aliphatic rings. The molecule has 3 aromatic carbocycles. The average molecular weight is 444 g/mol. The second-order valence-corrected chi connectivity index (χ2v) is 10.4. The lowest BCUT2D eigenvalue weighted by molar-refractivity contribution is 0.183. The predicted octanol–water partition coefficient (Wildman–Crippen LogP) is 6.33. The van der Waals surface area contributed by atoms with Crippen LogP contribution in [0.4, 0.5) is 0 Å². The summed E-state index contributed by atoms with van der Waals surface area (Å²) in [6.45, 7) is 4.19. The molecule has 1 aliphatic carbocycles. The zero-order valence-corrected chi connectivity index (χ0v) is 19.1. The molecule has 4 heteroatoms. The van der Waals surface area contributed by atoms with Gasteiger partial charge in [-0.1, -0.05) is 48.9 Å². The Balaban J connectivity index is 1.23. The number of rotatable bonds is 5. The van der Waals surface area contributed by atoms with Crippen LogP contribution in [0.1, 0.15) is 58.6 Å². The molecule has 0 spiro atoms. The topological polar surface area (TPSA) is 32.7 Å². The van der Waals surface area contributed by atoms with Gasteiger partial charge in [0.05, 0.1) is 0 Å². The standard InChI is InChI=1S/C28H29NO2S/c30-20-10-13-24-25(18-20)32-28-23-7-3-2-6-22(23)26(27(24)28)19-8-11-21(12-9-19)31-17-16-29-14-4-1-5-15-29/h2-3,6-13,18,26-28,30H,1,4-5,14-17H2. The molecule has 164 valence electrons. The van der Waals surface area contributed by atoms with Gasteiger partial charge in [0, 0.05) is 28.5 Å². The Kier molecular flexibility index (Phi) is 5.36. The van der Waals surface area contributed by atoms with Crippen molar-refractivity contribution in [3.8, 4) is 11.5 Å². The number of phenols is 1. The molecule has 2 aliphatic heterocycles. The second kappa shape index (κ2) is 8.49. The van der Waals surface area contributed by atoms with Crippen molar-refractivity contribution in [2.45, 2.75) is 41.2 Å². The van der Waals surface area contributed by atoms with Crippen molar-refractivity contribution in [3.63, 3.8) is 0 Å². The zero-order chi connectivity index (χ0) is 21.5. The summed E-state index contributed by atoms with van der Waals surface area (Å²) in [5, 5.41) is 10.4. The fraction of sp³-hybridized carbons (Fsp3) is 0.357. The predicted molar refractivity (Wildman–Crippen MR) is 130 cm³/mol. The third-order valence-electron chi connectivity index (χ3n) is 7.30. The van der Waals surface area contributed by atoms with Crippen LogP contribution >= 0.6 is 11.8 Å². The fourth-order valence-corrected chi connectivity index (χ4v) is 7.36. The van der Waals surface area contributed by atoms with E-state index in [1.54, 1.807) is 0 Å². The molecule has 0 amide bonds. The average Bonchev–Trinajstić information content (AvgIpc) is 3.34. The number of ether oxygens (including phenoxy) is 1. The van der Waals surface area contributed by atoms with Crippen molar-refractivity contribution in [1.82, 2.24) is 4.90 Å². The normalized spacial score (nSPS) is 24.1. The van der Waals surface area contributed by atoms with E-state index in [1.165, 1.54) is 59.5 Å². The van der Waals surface area contributed by atoms with E-state index in [2.05, 4.69) is 59.5 Å². The molecule has 3 atom stereocenters. The van der Waals surface area contributed by atoms with E-state index < -0.39 is 0 Å². The highest BCUT2D eigenvalue weighted by Gasteiger charge is 2.47. The Morgan fingerprint density at radius 2 is 1.66 bits per heavy atom. The van der Waals surface area contributed by atoms with Crippen LogP contribution in [0.15, 0.2) is 71.6 Å². The van der Waals surface area contributed by atoms with Gasteiger partial charge in [-0.15, -0.1) is 11.8 Å². The number of aromatic hydroxyl groups is 1. The first-order valence-corrected chi connectivity index (χ1v) is 12.7. The maximum absolute atomic E-state index is 9.99. The Hall–Kier alpha value is -2.43. The second-order valence-electron chi connectivity index (χ2n) is 9.21. The van der Waals surface area contributed by atoms with Crippen LogP contribution in [0.5, 0.6) is 11.5 Å². The molecule has 2 heterocycles. The van der Waals surface area contributed by atoms with E-state index in [0.29, 0.717) is 22.8 Å². The Bertz CT molecular complexity index is 1110. The maximum Gasteiger partial charge on any atom is 0.119 e. The summed E-state index contributed by atoms with van der Waals surface area (Å²) < 4.78 is 6.08. The molecule has 1 saturated heterocycles. The third-order valence-corrected chi connectivity index (χ3v) is 8.71. The molecule has 3 nitrogen and oxygen atoms in total. The number of fused-ring (bicyclic) bond motifs is 5. The Morgan fingerprint density at radius 3 is 2.47 bits per heavy atom. The van der Waals surface area contributed by atoms with Crippen LogP contribution in [-0.4, -0.2) is 36.2 Å². The van der Waals surface area contributed by atoms with Crippen LogP contribution in [0.3, 0.4) is 0 Å². The van der Waals surface area contributed by atoms with Gasteiger partial charge in [0.25, 0.3) is 0 Å². The van der Waals surface area contributed by atoms with Crippen molar-refractivity contribution in [3.05, 3.63) is 89.0 Å². The molecular weight excluding hydrogens is 414 g/mol. The number of nitrogens with zero attached hydrogens (tertiary/aromatic N) is 1. The number of piperidine rings is 1. The molecule has 3 unspecified atom stereocenters. The van der Waals surface area contributed by atoms with Gasteiger partial charge in [-0.2, -0.15) is 0 Å².